The van der Waals surface area contributed by atoms with Crippen molar-refractivity contribution in [3.63, 3.8) is 0 Å². The van der Waals surface area contributed by atoms with Gasteiger partial charge in [-0.1, -0.05) is 5.16 Å². The lowest BCUT2D eigenvalue weighted by atomic mass is 9.96. The summed E-state index contributed by atoms with van der Waals surface area (Å²) in [6.45, 7) is 0.853. The zero-order valence-electron chi connectivity index (χ0n) is 14.9. The quantitative estimate of drug-likeness (QED) is 0.668. The van der Waals surface area contributed by atoms with Crippen molar-refractivity contribution < 1.29 is 26.9 Å². The number of piperidine rings is 1. The Morgan fingerprint density at radius 3 is 2.69 bits per heavy atom. The third-order valence-corrected chi connectivity index (χ3v) is 4.69. The Morgan fingerprint density at radius 2 is 2.00 bits per heavy atom. The highest BCUT2D eigenvalue weighted by Crippen LogP contribution is 2.30. The molecule has 0 radical (unpaired) electrons. The van der Waals surface area contributed by atoms with Crippen molar-refractivity contribution in [1.82, 2.24) is 25.0 Å². The van der Waals surface area contributed by atoms with Crippen LogP contribution in [0.2, 0.25) is 0 Å². The van der Waals surface area contributed by atoms with Gasteiger partial charge in [-0.05, 0) is 37.1 Å². The summed E-state index contributed by atoms with van der Waals surface area (Å²) in [6.07, 6.45) is -2.51. The maximum absolute atomic E-state index is 13.1. The summed E-state index contributed by atoms with van der Waals surface area (Å²) in [7, 11) is 0. The minimum Gasteiger partial charge on any atom is -0.338 e. The first-order valence-corrected chi connectivity index (χ1v) is 8.82. The van der Waals surface area contributed by atoms with E-state index in [1.807, 2.05) is 0 Å². The van der Waals surface area contributed by atoms with E-state index in [9.17, 15) is 22.4 Å². The van der Waals surface area contributed by atoms with Crippen LogP contribution >= 0.6 is 0 Å². The van der Waals surface area contributed by atoms with E-state index in [2.05, 4.69) is 20.1 Å². The first-order chi connectivity index (χ1) is 13.8. The lowest BCUT2D eigenvalue weighted by Gasteiger charge is -2.31. The van der Waals surface area contributed by atoms with Gasteiger partial charge in [0.1, 0.15) is 11.5 Å². The summed E-state index contributed by atoms with van der Waals surface area (Å²) >= 11 is 0. The van der Waals surface area contributed by atoms with E-state index in [-0.39, 0.29) is 23.5 Å². The molecule has 152 valence electrons. The van der Waals surface area contributed by atoms with Crippen LogP contribution in [0.1, 0.15) is 40.6 Å². The second kappa shape index (κ2) is 7.30. The molecule has 29 heavy (non-hydrogen) atoms. The second-order valence-corrected chi connectivity index (χ2v) is 6.70. The van der Waals surface area contributed by atoms with Gasteiger partial charge in [0.15, 0.2) is 11.6 Å². The number of imidazole rings is 1. The van der Waals surface area contributed by atoms with Crippen LogP contribution in [0.15, 0.2) is 35.0 Å². The van der Waals surface area contributed by atoms with E-state index < -0.39 is 17.7 Å². The summed E-state index contributed by atoms with van der Waals surface area (Å²) in [4.78, 5) is 24.1. The number of nitrogens with zero attached hydrogens (tertiary/aromatic N) is 4. The lowest BCUT2D eigenvalue weighted by molar-refractivity contribution is -0.140. The van der Waals surface area contributed by atoms with E-state index in [0.29, 0.717) is 43.5 Å². The molecular formula is C18H15F4N5O2. The molecule has 0 aliphatic carbocycles. The third-order valence-electron chi connectivity index (χ3n) is 4.69. The molecule has 4 rings (SSSR count). The average molecular weight is 409 g/mol. The fourth-order valence-electron chi connectivity index (χ4n) is 3.22. The van der Waals surface area contributed by atoms with Gasteiger partial charge in [0.2, 0.25) is 0 Å². The highest BCUT2D eigenvalue weighted by molar-refractivity contribution is 5.94. The molecule has 1 fully saturated rings. The van der Waals surface area contributed by atoms with Crippen LogP contribution in [0.5, 0.6) is 0 Å². The minimum atomic E-state index is -4.56. The van der Waals surface area contributed by atoms with E-state index in [4.69, 9.17) is 4.52 Å². The number of hydrogen-bond donors (Lipinski definition) is 1. The number of aromatic nitrogens is 4. The van der Waals surface area contributed by atoms with E-state index in [1.54, 1.807) is 4.90 Å². The molecule has 0 bridgehead atoms. The highest BCUT2D eigenvalue weighted by Gasteiger charge is 2.34. The number of likely N-dealkylation sites (tertiary alicyclic amines) is 1. The topological polar surface area (TPSA) is 87.9 Å². The molecule has 2 aromatic heterocycles. The van der Waals surface area contributed by atoms with E-state index in [0.717, 1.165) is 0 Å². The largest absolute Gasteiger partial charge is 0.432 e. The zero-order chi connectivity index (χ0) is 20.6. The molecule has 7 nitrogen and oxygen atoms in total. The van der Waals surface area contributed by atoms with Crippen LogP contribution in [0.4, 0.5) is 17.6 Å². The average Bonchev–Trinajstić information content (AvgIpc) is 3.37. The molecule has 1 aliphatic heterocycles. The van der Waals surface area contributed by atoms with Gasteiger partial charge in [0.05, 0.1) is 6.20 Å². The Morgan fingerprint density at radius 1 is 1.24 bits per heavy atom. The molecule has 0 saturated carbocycles. The van der Waals surface area contributed by atoms with Crippen molar-refractivity contribution >= 4 is 5.91 Å². The van der Waals surface area contributed by atoms with Crippen molar-refractivity contribution in [3.8, 4) is 11.7 Å². The standard InChI is InChI=1S/C18H15F4N5O2/c19-12-5-3-10(4-6-12)17(28)27-7-1-2-11(9-27)14-25-16(29-26-14)15-23-8-13(24-15)18(20,21)22/h3-6,8,11H,1-2,7,9H2,(H,23,24)/t11-/m0/s1. The molecule has 0 spiro atoms. The van der Waals surface area contributed by atoms with Gasteiger partial charge >= 0.3 is 6.18 Å². The van der Waals surface area contributed by atoms with Crippen molar-refractivity contribution in [2.24, 2.45) is 0 Å². The van der Waals surface area contributed by atoms with Crippen molar-refractivity contribution in [3.05, 3.63) is 53.4 Å². The minimum absolute atomic E-state index is 0.155. The number of hydrogen-bond acceptors (Lipinski definition) is 5. The van der Waals surface area contributed by atoms with Crippen molar-refractivity contribution in [2.45, 2.75) is 24.9 Å². The van der Waals surface area contributed by atoms with E-state index >= 15 is 0 Å². The van der Waals surface area contributed by atoms with Gasteiger partial charge in [-0.25, -0.2) is 9.37 Å². The Kier molecular flexibility index (Phi) is 4.81. The maximum atomic E-state index is 13.1. The molecule has 1 aliphatic rings. The zero-order valence-corrected chi connectivity index (χ0v) is 14.9. The Hall–Kier alpha value is -3.24. The smallest absolute Gasteiger partial charge is 0.338 e. The molecule has 11 heteroatoms. The molecular weight excluding hydrogens is 394 g/mol. The van der Waals surface area contributed by atoms with Crippen LogP contribution in [0.3, 0.4) is 0 Å². The number of carbonyl (C=O) groups is 1. The number of alkyl halides is 3. The molecule has 1 aromatic carbocycles. The first kappa shape index (κ1) is 19.1. The van der Waals surface area contributed by atoms with Crippen molar-refractivity contribution in [2.75, 3.05) is 13.1 Å². The summed E-state index contributed by atoms with van der Waals surface area (Å²) in [5.74, 6) is -0.934. The summed E-state index contributed by atoms with van der Waals surface area (Å²) < 4.78 is 56.2. The number of benzene rings is 1. The second-order valence-electron chi connectivity index (χ2n) is 6.70. The van der Waals surface area contributed by atoms with Gasteiger partial charge in [-0.3, -0.25) is 4.79 Å². The van der Waals surface area contributed by atoms with Crippen LogP contribution in [0, 0.1) is 5.82 Å². The number of carbonyl (C=O) groups excluding carboxylic acids is 1. The fourth-order valence-corrected chi connectivity index (χ4v) is 3.22. The predicted octanol–water partition coefficient (Wildman–Crippen LogP) is 3.64. The molecule has 1 saturated heterocycles. The number of amides is 1. The van der Waals surface area contributed by atoms with E-state index in [1.165, 1.54) is 24.3 Å². The number of H-pyrrole nitrogens is 1. The van der Waals surface area contributed by atoms with Gasteiger partial charge in [-0.2, -0.15) is 18.2 Å². The summed E-state index contributed by atoms with van der Waals surface area (Å²) in [5.41, 5.74) is -0.642. The maximum Gasteiger partial charge on any atom is 0.432 e. The van der Waals surface area contributed by atoms with Crippen LogP contribution in [0.25, 0.3) is 11.7 Å². The van der Waals surface area contributed by atoms with Crippen molar-refractivity contribution in [1.29, 1.82) is 0 Å². The monoisotopic (exact) mass is 409 g/mol. The summed E-state index contributed by atoms with van der Waals surface area (Å²) in [5, 5.41) is 3.85. The van der Waals surface area contributed by atoms with Gasteiger partial charge in [0.25, 0.3) is 11.8 Å². The number of aromatic amines is 1. The van der Waals surface area contributed by atoms with Crippen LogP contribution in [-0.2, 0) is 6.18 Å². The van der Waals surface area contributed by atoms with Crippen LogP contribution in [-0.4, -0.2) is 44.0 Å². The molecule has 1 N–H and O–H groups in total. The van der Waals surface area contributed by atoms with Gasteiger partial charge in [-0.15, -0.1) is 0 Å². The molecule has 1 atom stereocenters. The first-order valence-electron chi connectivity index (χ1n) is 8.82. The Labute approximate surface area is 161 Å². The molecule has 1 amide bonds. The predicted molar refractivity (Wildman–Crippen MR) is 91.2 cm³/mol. The lowest BCUT2D eigenvalue weighted by Crippen LogP contribution is -2.39. The summed E-state index contributed by atoms with van der Waals surface area (Å²) in [6, 6.07) is 5.28. The fraction of sp³-hybridized carbons (Fsp3) is 0.333. The molecule has 3 heterocycles. The van der Waals surface area contributed by atoms with Gasteiger partial charge in [0, 0.05) is 24.6 Å². The number of halogens is 4. The Bertz CT molecular complexity index is 1010. The normalized spacial score (nSPS) is 17.5. The van der Waals surface area contributed by atoms with Crippen LogP contribution < -0.4 is 0 Å². The van der Waals surface area contributed by atoms with Gasteiger partial charge < -0.3 is 14.4 Å². The molecule has 0 unspecified atom stereocenters. The number of rotatable bonds is 3. The SMILES string of the molecule is O=C(c1ccc(F)cc1)N1CCC[C@H](c2noc(-c3ncc(C(F)(F)F)[nH]3)n2)C1. The third kappa shape index (κ3) is 3.98. The Balaban J connectivity index is 1.48. The highest BCUT2D eigenvalue weighted by atomic mass is 19.4. The molecule has 3 aromatic rings. The number of nitrogens with one attached hydrogen (secondary N) is 1.